The summed E-state index contributed by atoms with van der Waals surface area (Å²) in [4.78, 5) is 14.9. The summed E-state index contributed by atoms with van der Waals surface area (Å²) >= 11 is 0. The second kappa shape index (κ2) is 4.17. The number of carbonyl (C=O) groups excluding carboxylic acids is 1. The first kappa shape index (κ1) is 14.0. The molecule has 23 heavy (non-hydrogen) atoms. The van der Waals surface area contributed by atoms with Crippen LogP contribution >= 0.6 is 0 Å². The van der Waals surface area contributed by atoms with Gasteiger partial charge in [-0.2, -0.15) is 0 Å². The molecule has 1 heterocycles. The molecule has 0 aromatic heterocycles. The monoisotopic (exact) mass is 313 g/mol. The maximum Gasteiger partial charge on any atom is 0.254 e. The molecule has 5 fully saturated rings. The van der Waals surface area contributed by atoms with E-state index in [-0.39, 0.29) is 17.0 Å². The summed E-state index contributed by atoms with van der Waals surface area (Å²) in [6.45, 7) is 0.852. The zero-order valence-electron chi connectivity index (χ0n) is 13.5. The van der Waals surface area contributed by atoms with Gasteiger partial charge in [0.15, 0.2) is 0 Å². The van der Waals surface area contributed by atoms with E-state index in [0.29, 0.717) is 11.8 Å². The van der Waals surface area contributed by atoms with Crippen molar-refractivity contribution in [3.8, 4) is 0 Å². The molecule has 4 saturated carbocycles. The van der Waals surface area contributed by atoms with Crippen LogP contribution in [0, 0.1) is 11.8 Å². The Morgan fingerprint density at radius 2 is 1.78 bits per heavy atom. The summed E-state index contributed by atoms with van der Waals surface area (Å²) in [7, 11) is 1.92. The molecule has 0 radical (unpaired) electrons. The van der Waals surface area contributed by atoms with Gasteiger partial charge >= 0.3 is 0 Å². The fourth-order valence-electron chi connectivity index (χ4n) is 6.01. The molecule has 3 unspecified atom stereocenters. The molecule has 1 spiro atoms. The van der Waals surface area contributed by atoms with Crippen molar-refractivity contribution in [2.75, 3.05) is 13.7 Å². The first-order valence-corrected chi connectivity index (χ1v) is 8.66. The highest BCUT2D eigenvalue weighted by Crippen LogP contribution is 2.67. The molecule has 1 saturated heterocycles. The van der Waals surface area contributed by atoms with Crippen LogP contribution in [-0.4, -0.2) is 46.3 Å². The number of hydrogen-bond acceptors (Lipinski definition) is 3. The molecule has 1 N–H and O–H groups in total. The lowest BCUT2D eigenvalue weighted by atomic mass is 9.46. The molecule has 5 atom stereocenters. The van der Waals surface area contributed by atoms with E-state index >= 15 is 0 Å². The summed E-state index contributed by atoms with van der Waals surface area (Å²) in [6.07, 6.45) is 4.36. The smallest absolute Gasteiger partial charge is 0.254 e. The third kappa shape index (κ3) is 1.76. The minimum absolute atomic E-state index is 0.0345. The van der Waals surface area contributed by atoms with E-state index in [1.54, 1.807) is 0 Å². The fourth-order valence-corrected chi connectivity index (χ4v) is 6.01. The van der Waals surface area contributed by atoms with Crippen molar-refractivity contribution in [1.29, 1.82) is 0 Å². The largest absolute Gasteiger partial charge is 0.390 e. The van der Waals surface area contributed by atoms with Gasteiger partial charge < -0.3 is 14.7 Å². The number of benzene rings is 1. The van der Waals surface area contributed by atoms with Crippen molar-refractivity contribution in [2.24, 2.45) is 11.8 Å². The number of carbonyl (C=O) groups is 1. The lowest BCUT2D eigenvalue weighted by Crippen LogP contribution is -2.70. The second-order valence-corrected chi connectivity index (χ2v) is 8.31. The normalized spacial score (nSPS) is 46.2. The van der Waals surface area contributed by atoms with Gasteiger partial charge in [0.25, 0.3) is 5.91 Å². The van der Waals surface area contributed by atoms with Crippen molar-refractivity contribution < 1.29 is 14.6 Å². The van der Waals surface area contributed by atoms with Gasteiger partial charge in [0, 0.05) is 18.2 Å². The summed E-state index contributed by atoms with van der Waals surface area (Å²) in [5.74, 6) is 0.876. The van der Waals surface area contributed by atoms with Crippen molar-refractivity contribution in [2.45, 2.75) is 48.8 Å². The Morgan fingerprint density at radius 1 is 1.17 bits per heavy atom. The number of epoxide rings is 1. The topological polar surface area (TPSA) is 53.1 Å². The van der Waals surface area contributed by atoms with Gasteiger partial charge in [0.05, 0.1) is 17.8 Å². The Hall–Kier alpha value is -1.39. The van der Waals surface area contributed by atoms with Gasteiger partial charge in [0.2, 0.25) is 0 Å². The zero-order valence-corrected chi connectivity index (χ0v) is 13.5. The summed E-state index contributed by atoms with van der Waals surface area (Å²) in [5.41, 5.74) is -0.0405. The second-order valence-electron chi connectivity index (χ2n) is 8.31. The highest BCUT2D eigenvalue weighted by atomic mass is 16.6. The van der Waals surface area contributed by atoms with Crippen LogP contribution < -0.4 is 0 Å². The molecule has 4 heteroatoms. The van der Waals surface area contributed by atoms with E-state index in [0.717, 1.165) is 44.3 Å². The Bertz CT molecular complexity index is 648. The number of rotatable bonds is 2. The van der Waals surface area contributed by atoms with E-state index in [1.165, 1.54) is 0 Å². The molecule has 122 valence electrons. The minimum atomic E-state index is -0.603. The maximum absolute atomic E-state index is 13.0. The van der Waals surface area contributed by atoms with Crippen LogP contribution in [0.3, 0.4) is 0 Å². The Morgan fingerprint density at radius 3 is 2.35 bits per heavy atom. The zero-order chi connectivity index (χ0) is 15.9. The summed E-state index contributed by atoms with van der Waals surface area (Å²) in [5, 5.41) is 11.0. The lowest BCUT2D eigenvalue weighted by Gasteiger charge is -2.64. The van der Waals surface area contributed by atoms with Crippen LogP contribution in [0.4, 0.5) is 0 Å². The molecule has 5 aliphatic rings. The third-order valence-electron chi connectivity index (χ3n) is 7.06. The number of nitrogens with zero attached hydrogens (tertiary/aromatic N) is 1. The molecule has 6 rings (SSSR count). The molecule has 1 aromatic carbocycles. The van der Waals surface area contributed by atoms with Gasteiger partial charge in [-0.15, -0.1) is 0 Å². The molecule has 1 amide bonds. The third-order valence-corrected chi connectivity index (χ3v) is 7.06. The minimum Gasteiger partial charge on any atom is -0.390 e. The summed E-state index contributed by atoms with van der Waals surface area (Å²) in [6, 6.07) is 9.49. The van der Waals surface area contributed by atoms with Crippen molar-refractivity contribution in [1.82, 2.24) is 4.90 Å². The summed E-state index contributed by atoms with van der Waals surface area (Å²) < 4.78 is 5.87. The predicted octanol–water partition coefficient (Wildman–Crippen LogP) is 2.22. The van der Waals surface area contributed by atoms with Crippen LogP contribution in [0.15, 0.2) is 30.3 Å². The van der Waals surface area contributed by atoms with Gasteiger partial charge in [-0.1, -0.05) is 18.2 Å². The van der Waals surface area contributed by atoms with Crippen LogP contribution in [-0.2, 0) is 4.74 Å². The average molecular weight is 313 g/mol. The molecule has 4 bridgehead atoms. The lowest BCUT2D eigenvalue weighted by molar-refractivity contribution is -0.192. The molecule has 4 aliphatic carbocycles. The van der Waals surface area contributed by atoms with Crippen LogP contribution in [0.1, 0.15) is 42.5 Å². The number of ether oxygens (including phenoxy) is 1. The van der Waals surface area contributed by atoms with E-state index in [4.69, 9.17) is 4.74 Å². The molecule has 4 nitrogen and oxygen atoms in total. The van der Waals surface area contributed by atoms with Crippen molar-refractivity contribution >= 4 is 5.91 Å². The molecule has 1 aliphatic heterocycles. The standard InChI is InChI=1S/C19H23NO3/c1-20(16(21)13-5-3-2-4-6-13)17-7-14-9-18(22,11-17)10-15(8-17)19(14)12-23-19/h2-6,14-15,22H,7-12H2,1H3/t14-,15+,17?,18?,19?. The van der Waals surface area contributed by atoms with Crippen molar-refractivity contribution in [3.63, 3.8) is 0 Å². The average Bonchev–Trinajstić information content (AvgIpc) is 3.32. The highest BCUT2D eigenvalue weighted by Gasteiger charge is 2.72. The number of aliphatic hydroxyl groups is 1. The SMILES string of the molecule is CN(C(=O)c1ccccc1)C12C[C@H]3CC(O)(C[C@@H](C1)C31CO1)C2. The van der Waals surface area contributed by atoms with Crippen LogP contribution in [0.5, 0.6) is 0 Å². The number of hydrogen-bond donors (Lipinski definition) is 1. The first-order valence-electron chi connectivity index (χ1n) is 8.66. The number of amides is 1. The first-order chi connectivity index (χ1) is 11.0. The van der Waals surface area contributed by atoms with Gasteiger partial charge in [-0.25, -0.2) is 0 Å². The van der Waals surface area contributed by atoms with E-state index in [1.807, 2.05) is 42.3 Å². The van der Waals surface area contributed by atoms with Crippen molar-refractivity contribution in [3.05, 3.63) is 35.9 Å². The van der Waals surface area contributed by atoms with E-state index < -0.39 is 5.60 Å². The van der Waals surface area contributed by atoms with E-state index in [9.17, 15) is 9.90 Å². The quantitative estimate of drug-likeness (QED) is 0.852. The predicted molar refractivity (Wildman–Crippen MR) is 85.0 cm³/mol. The van der Waals surface area contributed by atoms with Gasteiger partial charge in [0.1, 0.15) is 0 Å². The Labute approximate surface area is 136 Å². The van der Waals surface area contributed by atoms with E-state index in [2.05, 4.69) is 0 Å². The highest BCUT2D eigenvalue weighted by molar-refractivity contribution is 5.94. The van der Waals surface area contributed by atoms with Gasteiger partial charge in [-0.05, 0) is 56.1 Å². The van der Waals surface area contributed by atoms with Gasteiger partial charge in [-0.3, -0.25) is 4.79 Å². The molecular formula is C19H23NO3. The Balaban J connectivity index is 1.49. The Kier molecular flexibility index (Phi) is 2.54. The van der Waals surface area contributed by atoms with Crippen LogP contribution in [0.2, 0.25) is 0 Å². The molecule has 1 aromatic rings. The fraction of sp³-hybridized carbons (Fsp3) is 0.632. The maximum atomic E-state index is 13.0. The van der Waals surface area contributed by atoms with Crippen LogP contribution in [0.25, 0.3) is 0 Å². The molecular weight excluding hydrogens is 290 g/mol.